The first-order valence-electron chi connectivity index (χ1n) is 2.86. The summed E-state index contributed by atoms with van der Waals surface area (Å²) < 4.78 is 3.16. The van der Waals surface area contributed by atoms with Gasteiger partial charge in [-0.25, -0.2) is 0 Å². The molecule has 1 unspecified atom stereocenters. The molecule has 0 bridgehead atoms. The van der Waals surface area contributed by atoms with Gasteiger partial charge in [0.25, 0.3) is 0 Å². The lowest BCUT2D eigenvalue weighted by Crippen LogP contribution is -2.20. The first-order chi connectivity index (χ1) is 4.72. The summed E-state index contributed by atoms with van der Waals surface area (Å²) in [4.78, 5) is 10.8. The molecular formula is C5H9I2NOS. The Labute approximate surface area is 93.9 Å². The molecule has 1 N–H and O–H groups in total. The zero-order valence-corrected chi connectivity index (χ0v) is 10.5. The van der Waals surface area contributed by atoms with Gasteiger partial charge in [-0.3, -0.25) is 8.32 Å². The minimum atomic E-state index is 0.134. The first kappa shape index (κ1) is 11.4. The van der Waals surface area contributed by atoms with E-state index in [0.717, 1.165) is 18.7 Å². The Morgan fingerprint density at radius 3 is 2.60 bits per heavy atom. The van der Waals surface area contributed by atoms with Gasteiger partial charge in [0.05, 0.1) is 0 Å². The summed E-state index contributed by atoms with van der Waals surface area (Å²) in [5, 5.41) is 0. The quantitative estimate of drug-likeness (QED) is 0.327. The Bertz CT molecular complexity index is 106. The van der Waals surface area contributed by atoms with Crippen LogP contribution in [0.2, 0.25) is 0 Å². The molecular weight excluding hydrogens is 376 g/mol. The van der Waals surface area contributed by atoms with Crippen molar-refractivity contribution in [1.29, 1.82) is 0 Å². The molecule has 0 aliphatic heterocycles. The monoisotopic (exact) mass is 385 g/mol. The number of carbonyl (C=O) groups excluding carboxylic acids is 1. The van der Waals surface area contributed by atoms with Crippen molar-refractivity contribution in [2.45, 2.75) is 6.42 Å². The SMILES string of the molecule is O=C(I)C(CCS)CNI. The molecule has 60 valence electrons. The van der Waals surface area contributed by atoms with E-state index in [4.69, 9.17) is 0 Å². The predicted octanol–water partition coefficient (Wildman–Crippen LogP) is 1.82. The smallest absolute Gasteiger partial charge is 0.196 e. The molecule has 2 nitrogen and oxygen atoms in total. The minimum absolute atomic E-state index is 0.134. The second-order valence-corrected chi connectivity index (χ2v) is 4.12. The van der Waals surface area contributed by atoms with Crippen molar-refractivity contribution in [3.05, 3.63) is 0 Å². The minimum Gasteiger partial charge on any atom is -0.287 e. The third kappa shape index (κ3) is 5.14. The topological polar surface area (TPSA) is 29.1 Å². The van der Waals surface area contributed by atoms with E-state index in [1.165, 1.54) is 0 Å². The Kier molecular flexibility index (Phi) is 8.13. The number of halogens is 2. The molecule has 0 saturated carbocycles. The molecule has 0 aromatic carbocycles. The van der Waals surface area contributed by atoms with Crippen LogP contribution in [0, 0.1) is 5.92 Å². The Morgan fingerprint density at radius 1 is 1.70 bits per heavy atom. The fourth-order valence-electron chi connectivity index (χ4n) is 0.545. The van der Waals surface area contributed by atoms with Crippen LogP contribution in [0.15, 0.2) is 0 Å². The van der Waals surface area contributed by atoms with Gasteiger partial charge < -0.3 is 0 Å². The largest absolute Gasteiger partial charge is 0.287 e. The van der Waals surface area contributed by atoms with Crippen molar-refractivity contribution in [3.8, 4) is 0 Å². The van der Waals surface area contributed by atoms with Crippen LogP contribution < -0.4 is 3.53 Å². The molecule has 0 aromatic heterocycles. The number of hydrogen-bond acceptors (Lipinski definition) is 3. The lowest BCUT2D eigenvalue weighted by atomic mass is 10.1. The molecule has 0 spiro atoms. The second kappa shape index (κ2) is 7.11. The predicted molar refractivity (Wildman–Crippen MR) is 63.0 cm³/mol. The lowest BCUT2D eigenvalue weighted by molar-refractivity contribution is -0.112. The van der Waals surface area contributed by atoms with Gasteiger partial charge in [0, 0.05) is 35.3 Å². The van der Waals surface area contributed by atoms with E-state index in [9.17, 15) is 4.79 Å². The maximum atomic E-state index is 10.8. The highest BCUT2D eigenvalue weighted by Crippen LogP contribution is 2.09. The average molecular weight is 385 g/mol. The summed E-state index contributed by atoms with van der Waals surface area (Å²) in [6.07, 6.45) is 0.862. The summed E-state index contributed by atoms with van der Waals surface area (Å²) in [6, 6.07) is 0. The van der Waals surface area contributed by atoms with E-state index in [1.807, 2.05) is 45.5 Å². The van der Waals surface area contributed by atoms with Gasteiger partial charge in [0.15, 0.2) is 3.79 Å². The molecule has 0 amide bonds. The van der Waals surface area contributed by atoms with Crippen LogP contribution in [0.3, 0.4) is 0 Å². The molecule has 0 aliphatic carbocycles. The van der Waals surface area contributed by atoms with Crippen LogP contribution in [-0.2, 0) is 4.79 Å². The maximum absolute atomic E-state index is 10.8. The van der Waals surface area contributed by atoms with Gasteiger partial charge in [-0.2, -0.15) is 12.6 Å². The normalized spacial score (nSPS) is 13.1. The highest BCUT2D eigenvalue weighted by atomic mass is 127. The van der Waals surface area contributed by atoms with E-state index >= 15 is 0 Å². The summed E-state index contributed by atoms with van der Waals surface area (Å²) in [6.45, 7) is 0.753. The van der Waals surface area contributed by atoms with Crippen LogP contribution >= 0.6 is 58.1 Å². The molecule has 0 heterocycles. The number of thiol groups is 1. The number of rotatable bonds is 5. The lowest BCUT2D eigenvalue weighted by Gasteiger charge is -2.08. The van der Waals surface area contributed by atoms with Gasteiger partial charge in [-0.15, -0.1) is 0 Å². The standard InChI is InChI=1S/C5H9I2NOS/c6-5(9)4(1-2-10)3-8-7/h4,8,10H,1-3H2. The van der Waals surface area contributed by atoms with E-state index in [0.29, 0.717) is 0 Å². The van der Waals surface area contributed by atoms with E-state index in [1.54, 1.807) is 0 Å². The zero-order chi connectivity index (χ0) is 7.98. The first-order valence-corrected chi connectivity index (χ1v) is 5.65. The Balaban J connectivity index is 3.61. The molecule has 1 atom stereocenters. The van der Waals surface area contributed by atoms with Gasteiger partial charge in [0.2, 0.25) is 0 Å². The molecule has 0 fully saturated rings. The van der Waals surface area contributed by atoms with Crippen molar-refractivity contribution >= 4 is 61.9 Å². The van der Waals surface area contributed by atoms with Crippen LogP contribution in [0.25, 0.3) is 0 Å². The summed E-state index contributed by atoms with van der Waals surface area (Å²) in [5.74, 6) is 0.910. The van der Waals surface area contributed by atoms with E-state index in [-0.39, 0.29) is 9.71 Å². The van der Waals surface area contributed by atoms with Crippen LogP contribution in [0.4, 0.5) is 0 Å². The summed E-state index contributed by atoms with van der Waals surface area (Å²) >= 11 is 7.94. The Hall–Kier alpha value is 1.44. The van der Waals surface area contributed by atoms with E-state index < -0.39 is 0 Å². The molecule has 0 aliphatic rings. The molecule has 5 heteroatoms. The zero-order valence-electron chi connectivity index (χ0n) is 5.31. The average Bonchev–Trinajstić information content (AvgIpc) is 1.87. The van der Waals surface area contributed by atoms with Gasteiger partial charge in [-0.05, 0) is 34.8 Å². The van der Waals surface area contributed by atoms with Crippen molar-refractivity contribution in [2.75, 3.05) is 12.3 Å². The molecule has 0 aromatic rings. The van der Waals surface area contributed by atoms with Crippen LogP contribution in [-0.4, -0.2) is 16.1 Å². The van der Waals surface area contributed by atoms with Gasteiger partial charge >= 0.3 is 0 Å². The number of hydrogen-bond donors (Lipinski definition) is 2. The van der Waals surface area contributed by atoms with Crippen LogP contribution in [0.5, 0.6) is 0 Å². The summed E-state index contributed by atoms with van der Waals surface area (Å²) in [7, 11) is 0. The van der Waals surface area contributed by atoms with Gasteiger partial charge in [-0.1, -0.05) is 0 Å². The second-order valence-electron chi connectivity index (χ2n) is 1.85. The molecule has 0 radical (unpaired) electrons. The number of nitrogens with one attached hydrogen (secondary N) is 1. The maximum Gasteiger partial charge on any atom is 0.196 e. The van der Waals surface area contributed by atoms with Crippen molar-refractivity contribution in [3.63, 3.8) is 0 Å². The van der Waals surface area contributed by atoms with Crippen molar-refractivity contribution in [2.24, 2.45) is 5.92 Å². The Morgan fingerprint density at radius 2 is 2.30 bits per heavy atom. The highest BCUT2D eigenvalue weighted by molar-refractivity contribution is 14.1. The third-order valence-electron chi connectivity index (χ3n) is 1.12. The number of carbonyl (C=O) groups is 1. The van der Waals surface area contributed by atoms with E-state index in [2.05, 4.69) is 16.2 Å². The molecule has 10 heavy (non-hydrogen) atoms. The van der Waals surface area contributed by atoms with Crippen LogP contribution in [0.1, 0.15) is 6.42 Å². The molecule has 0 rings (SSSR count). The highest BCUT2D eigenvalue weighted by Gasteiger charge is 2.12. The van der Waals surface area contributed by atoms with Crippen molar-refractivity contribution in [1.82, 2.24) is 3.53 Å². The fourth-order valence-corrected chi connectivity index (χ4v) is 1.92. The van der Waals surface area contributed by atoms with Crippen molar-refractivity contribution < 1.29 is 4.79 Å². The van der Waals surface area contributed by atoms with Gasteiger partial charge in [0.1, 0.15) is 0 Å². The third-order valence-corrected chi connectivity index (χ3v) is 2.70. The molecule has 0 saturated heterocycles. The fraction of sp³-hybridized carbons (Fsp3) is 0.800. The summed E-state index contributed by atoms with van der Waals surface area (Å²) in [5.41, 5.74) is 0.